The number of carbonyl (C=O) groups excluding carboxylic acids is 4. The summed E-state index contributed by atoms with van der Waals surface area (Å²) in [6, 6.07) is 6.85. The maximum atomic E-state index is 11.9. The Balaban J connectivity index is 2.27. The van der Waals surface area contributed by atoms with Crippen LogP contribution in [0.3, 0.4) is 0 Å². The van der Waals surface area contributed by atoms with Gasteiger partial charge in [-0.05, 0) is 50.3 Å². The van der Waals surface area contributed by atoms with E-state index in [1.165, 1.54) is 0 Å². The molecule has 0 saturated carbocycles. The van der Waals surface area contributed by atoms with Gasteiger partial charge >= 0.3 is 5.97 Å². The molecule has 10 nitrogen and oxygen atoms in total. The Bertz CT molecular complexity index is 795. The van der Waals surface area contributed by atoms with E-state index < -0.39 is 17.8 Å². The zero-order valence-electron chi connectivity index (χ0n) is 16.7. The lowest BCUT2D eigenvalue weighted by molar-refractivity contribution is -0.137. The molecule has 0 bridgehead atoms. The molecule has 0 atom stereocenters. The average Bonchev–Trinajstić information content (AvgIpc) is 2.71. The van der Waals surface area contributed by atoms with Crippen molar-refractivity contribution >= 4 is 46.7 Å². The van der Waals surface area contributed by atoms with Crippen LogP contribution in [0.15, 0.2) is 36.4 Å². The zero-order valence-corrected chi connectivity index (χ0v) is 17.5. The molecule has 1 aromatic carbocycles. The molecule has 0 spiro atoms. The van der Waals surface area contributed by atoms with Gasteiger partial charge in [-0.2, -0.15) is 0 Å². The first kappa shape index (κ1) is 24.6. The number of nitrogens with one attached hydrogen (secondary N) is 4. The van der Waals surface area contributed by atoms with Gasteiger partial charge in [-0.1, -0.05) is 0 Å². The summed E-state index contributed by atoms with van der Waals surface area (Å²) in [5.41, 5.74) is 5.16. The molecule has 162 valence electrons. The molecule has 0 aliphatic rings. The fourth-order valence-corrected chi connectivity index (χ4v) is 2.11. The summed E-state index contributed by atoms with van der Waals surface area (Å²) in [5, 5.41) is 4.71. The molecule has 0 aromatic heterocycles. The molecule has 1 aromatic rings. The third-order valence-electron chi connectivity index (χ3n) is 3.24. The minimum atomic E-state index is -0.676. The molecule has 30 heavy (non-hydrogen) atoms. The van der Waals surface area contributed by atoms with Gasteiger partial charge in [0.15, 0.2) is 5.11 Å². The number of anilines is 1. The smallest absolute Gasteiger partial charge is 0.330 e. The van der Waals surface area contributed by atoms with Gasteiger partial charge in [-0.15, -0.1) is 0 Å². The topological polar surface area (TPSA) is 135 Å². The SMILES string of the molecule is CCOC(=O)/C=C/C(=O)NC(=S)NNC(=O)CCC(=O)Nc1ccc(OCC)cc1. The van der Waals surface area contributed by atoms with Gasteiger partial charge in [-0.25, -0.2) is 4.79 Å². The Labute approximate surface area is 179 Å². The van der Waals surface area contributed by atoms with Crippen molar-refractivity contribution < 1.29 is 28.7 Å². The number of rotatable bonds is 9. The second-order valence-corrected chi connectivity index (χ2v) is 5.99. The lowest BCUT2D eigenvalue weighted by Crippen LogP contribution is -2.48. The highest BCUT2D eigenvalue weighted by molar-refractivity contribution is 7.80. The van der Waals surface area contributed by atoms with Crippen molar-refractivity contribution in [3.8, 4) is 5.75 Å². The van der Waals surface area contributed by atoms with E-state index in [1.807, 2.05) is 6.92 Å². The summed E-state index contributed by atoms with van der Waals surface area (Å²) in [6.07, 6.45) is 1.74. The van der Waals surface area contributed by atoms with E-state index in [0.29, 0.717) is 18.0 Å². The van der Waals surface area contributed by atoms with Crippen LogP contribution in [-0.4, -0.2) is 42.0 Å². The van der Waals surface area contributed by atoms with E-state index in [0.717, 1.165) is 12.2 Å². The van der Waals surface area contributed by atoms with Gasteiger partial charge in [0, 0.05) is 30.7 Å². The number of amides is 3. The molecule has 0 fully saturated rings. The van der Waals surface area contributed by atoms with Crippen LogP contribution >= 0.6 is 12.2 Å². The van der Waals surface area contributed by atoms with Gasteiger partial charge in [0.05, 0.1) is 13.2 Å². The number of carbonyl (C=O) groups is 4. The van der Waals surface area contributed by atoms with Gasteiger partial charge in [0.25, 0.3) is 0 Å². The van der Waals surface area contributed by atoms with Gasteiger partial charge in [0.1, 0.15) is 5.75 Å². The van der Waals surface area contributed by atoms with Crippen molar-refractivity contribution in [2.24, 2.45) is 0 Å². The molecule has 1 rings (SSSR count). The summed E-state index contributed by atoms with van der Waals surface area (Å²) in [7, 11) is 0. The summed E-state index contributed by atoms with van der Waals surface area (Å²) < 4.78 is 9.94. The summed E-state index contributed by atoms with van der Waals surface area (Å²) in [6.45, 7) is 4.25. The fourth-order valence-electron chi connectivity index (χ4n) is 1.96. The highest BCUT2D eigenvalue weighted by Gasteiger charge is 2.09. The second kappa shape index (κ2) is 13.7. The summed E-state index contributed by atoms with van der Waals surface area (Å²) in [4.78, 5) is 46.3. The molecule has 0 saturated heterocycles. The number of benzene rings is 1. The lowest BCUT2D eigenvalue weighted by Gasteiger charge is -2.10. The molecule has 0 aliphatic carbocycles. The minimum Gasteiger partial charge on any atom is -0.494 e. The van der Waals surface area contributed by atoms with Crippen LogP contribution in [0.1, 0.15) is 26.7 Å². The molecule has 0 unspecified atom stereocenters. The third kappa shape index (κ3) is 10.8. The van der Waals surface area contributed by atoms with E-state index in [9.17, 15) is 19.2 Å². The Morgan fingerprint density at radius 1 is 0.933 bits per heavy atom. The van der Waals surface area contributed by atoms with Crippen LogP contribution in [-0.2, 0) is 23.9 Å². The van der Waals surface area contributed by atoms with Crippen LogP contribution < -0.4 is 26.2 Å². The highest BCUT2D eigenvalue weighted by atomic mass is 32.1. The highest BCUT2D eigenvalue weighted by Crippen LogP contribution is 2.15. The Hall–Kier alpha value is -3.47. The van der Waals surface area contributed by atoms with Gasteiger partial charge in [-0.3, -0.25) is 30.6 Å². The molecular weight excluding hydrogens is 412 g/mol. The maximum Gasteiger partial charge on any atom is 0.330 e. The summed E-state index contributed by atoms with van der Waals surface area (Å²) >= 11 is 4.83. The molecule has 0 radical (unpaired) electrons. The molecule has 4 N–H and O–H groups in total. The zero-order chi connectivity index (χ0) is 22.4. The normalized spacial score (nSPS) is 10.1. The molecular formula is C19H24N4O6S. The van der Waals surface area contributed by atoms with Crippen molar-refractivity contribution in [1.29, 1.82) is 0 Å². The Morgan fingerprint density at radius 3 is 2.23 bits per heavy atom. The standard InChI is InChI=1S/C19H24N4O6S/c1-3-28-14-7-5-13(6-8-14)20-15(24)9-10-17(26)22-23-19(30)21-16(25)11-12-18(27)29-4-2/h5-8,11-12H,3-4,9-10H2,1-2H3,(H,20,24)(H,22,26)(H2,21,23,25,30)/b12-11+. The van der Waals surface area contributed by atoms with Crippen LogP contribution in [0.5, 0.6) is 5.75 Å². The van der Waals surface area contributed by atoms with Crippen molar-refractivity contribution in [3.05, 3.63) is 36.4 Å². The van der Waals surface area contributed by atoms with E-state index in [4.69, 9.17) is 17.0 Å². The fraction of sp³-hybridized carbons (Fsp3) is 0.316. The minimum absolute atomic E-state index is 0.0534. The average molecular weight is 436 g/mol. The van der Waals surface area contributed by atoms with Crippen LogP contribution in [0.25, 0.3) is 0 Å². The first-order valence-electron chi connectivity index (χ1n) is 9.11. The third-order valence-corrected chi connectivity index (χ3v) is 3.44. The predicted octanol–water partition coefficient (Wildman–Crippen LogP) is 0.945. The van der Waals surface area contributed by atoms with Crippen molar-refractivity contribution in [3.63, 3.8) is 0 Å². The van der Waals surface area contributed by atoms with E-state index in [1.54, 1.807) is 31.2 Å². The van der Waals surface area contributed by atoms with Crippen molar-refractivity contribution in [1.82, 2.24) is 16.2 Å². The van der Waals surface area contributed by atoms with Crippen LogP contribution in [0, 0.1) is 0 Å². The van der Waals surface area contributed by atoms with Crippen LogP contribution in [0.4, 0.5) is 5.69 Å². The van der Waals surface area contributed by atoms with Gasteiger partial charge < -0.3 is 14.8 Å². The van der Waals surface area contributed by atoms with E-state index >= 15 is 0 Å². The number of hydrogen-bond donors (Lipinski definition) is 4. The van der Waals surface area contributed by atoms with E-state index in [2.05, 4.69) is 26.2 Å². The summed E-state index contributed by atoms with van der Waals surface area (Å²) in [5.74, 6) is -1.49. The molecule has 3 amide bonds. The number of hydrazine groups is 1. The van der Waals surface area contributed by atoms with Crippen molar-refractivity contribution in [2.45, 2.75) is 26.7 Å². The largest absolute Gasteiger partial charge is 0.494 e. The Kier molecular flexibility index (Phi) is 11.2. The van der Waals surface area contributed by atoms with E-state index in [-0.39, 0.29) is 30.5 Å². The van der Waals surface area contributed by atoms with Crippen LogP contribution in [0.2, 0.25) is 0 Å². The van der Waals surface area contributed by atoms with Gasteiger partial charge in [0.2, 0.25) is 17.7 Å². The first-order chi connectivity index (χ1) is 14.3. The number of esters is 1. The van der Waals surface area contributed by atoms with Crippen molar-refractivity contribution in [2.75, 3.05) is 18.5 Å². The molecule has 0 heterocycles. The number of hydrogen-bond acceptors (Lipinski definition) is 7. The Morgan fingerprint density at radius 2 is 1.60 bits per heavy atom. The second-order valence-electron chi connectivity index (χ2n) is 5.58. The maximum absolute atomic E-state index is 11.9. The quantitative estimate of drug-likeness (QED) is 0.194. The monoisotopic (exact) mass is 436 g/mol. The first-order valence-corrected chi connectivity index (χ1v) is 9.52. The molecule has 11 heteroatoms. The lowest BCUT2D eigenvalue weighted by atomic mass is 10.2. The predicted molar refractivity (Wildman–Crippen MR) is 113 cm³/mol. The molecule has 0 aliphatic heterocycles. The number of ether oxygens (including phenoxy) is 2. The number of thiocarbonyl (C=S) groups is 1.